The Balaban J connectivity index is 2.33. The molecule has 1 aromatic carbocycles. The number of hydrogen-bond acceptors (Lipinski definition) is 1. The van der Waals surface area contributed by atoms with Crippen molar-refractivity contribution in [1.29, 1.82) is 0 Å². The minimum atomic E-state index is 0.212. The van der Waals surface area contributed by atoms with Crippen molar-refractivity contribution in [2.75, 3.05) is 0 Å². The molecule has 16 heavy (non-hydrogen) atoms. The molecule has 0 bridgehead atoms. The van der Waals surface area contributed by atoms with Crippen LogP contribution < -0.4 is 0 Å². The molecule has 0 amide bonds. The molecule has 1 heterocycles. The Morgan fingerprint density at radius 3 is 2.12 bits per heavy atom. The third kappa shape index (κ3) is 2.16. The lowest BCUT2D eigenvalue weighted by Gasteiger charge is -2.19. The Hall–Kier alpha value is -1.57. The quantitative estimate of drug-likeness (QED) is 0.710. The molecule has 0 fully saturated rings. The second-order valence-corrected chi connectivity index (χ2v) is 5.22. The van der Waals surface area contributed by atoms with Crippen molar-refractivity contribution < 1.29 is 0 Å². The molecular formula is C14H18N2. The smallest absolute Gasteiger partial charge is 0.0995 e. The standard InChI is InChI=1S/C14H18N2/c1-11-9-16(10-15-11)13-7-5-12(6-8-13)14(2,3)4/h5-10H,1-4H3. The SMILES string of the molecule is Cc1cn(-c2ccc(C(C)(C)C)cc2)cn1. The number of hydrogen-bond donors (Lipinski definition) is 0. The fraction of sp³-hybridized carbons (Fsp3) is 0.357. The molecule has 0 aliphatic heterocycles. The van der Waals surface area contributed by atoms with E-state index in [1.54, 1.807) is 0 Å². The van der Waals surface area contributed by atoms with E-state index in [0.717, 1.165) is 11.4 Å². The van der Waals surface area contributed by atoms with Crippen molar-refractivity contribution in [3.8, 4) is 5.69 Å². The van der Waals surface area contributed by atoms with Crippen LogP contribution in [0.3, 0.4) is 0 Å². The van der Waals surface area contributed by atoms with Gasteiger partial charge in [0.15, 0.2) is 0 Å². The summed E-state index contributed by atoms with van der Waals surface area (Å²) in [6.07, 6.45) is 3.88. The predicted octanol–water partition coefficient (Wildman–Crippen LogP) is 3.48. The maximum absolute atomic E-state index is 4.23. The summed E-state index contributed by atoms with van der Waals surface area (Å²) < 4.78 is 2.04. The molecule has 0 saturated heterocycles. The van der Waals surface area contributed by atoms with Crippen molar-refractivity contribution in [2.24, 2.45) is 0 Å². The van der Waals surface area contributed by atoms with Crippen molar-refractivity contribution in [3.63, 3.8) is 0 Å². The second-order valence-electron chi connectivity index (χ2n) is 5.22. The molecule has 84 valence electrons. The van der Waals surface area contributed by atoms with E-state index in [4.69, 9.17) is 0 Å². The molecule has 2 rings (SSSR count). The number of aromatic nitrogens is 2. The van der Waals surface area contributed by atoms with Crippen molar-refractivity contribution in [3.05, 3.63) is 48.0 Å². The fourth-order valence-electron chi connectivity index (χ4n) is 1.70. The van der Waals surface area contributed by atoms with E-state index in [1.807, 2.05) is 24.0 Å². The molecule has 0 spiro atoms. The Labute approximate surface area is 97.0 Å². The molecule has 0 atom stereocenters. The molecule has 0 N–H and O–H groups in total. The highest BCUT2D eigenvalue weighted by molar-refractivity contribution is 5.37. The lowest BCUT2D eigenvalue weighted by atomic mass is 9.87. The zero-order chi connectivity index (χ0) is 11.8. The number of aryl methyl sites for hydroxylation is 1. The highest BCUT2D eigenvalue weighted by Gasteiger charge is 2.12. The minimum absolute atomic E-state index is 0.212. The summed E-state index contributed by atoms with van der Waals surface area (Å²) in [5, 5.41) is 0. The van der Waals surface area contributed by atoms with E-state index >= 15 is 0 Å². The van der Waals surface area contributed by atoms with Gasteiger partial charge >= 0.3 is 0 Å². The summed E-state index contributed by atoms with van der Waals surface area (Å²) in [4.78, 5) is 4.23. The van der Waals surface area contributed by atoms with Gasteiger partial charge in [-0.3, -0.25) is 0 Å². The monoisotopic (exact) mass is 214 g/mol. The van der Waals surface area contributed by atoms with Gasteiger partial charge in [0.1, 0.15) is 0 Å². The Kier molecular flexibility index (Phi) is 2.58. The maximum Gasteiger partial charge on any atom is 0.0995 e. The summed E-state index contributed by atoms with van der Waals surface area (Å²) in [6.45, 7) is 8.68. The summed E-state index contributed by atoms with van der Waals surface area (Å²) in [6, 6.07) is 8.65. The predicted molar refractivity (Wildman–Crippen MR) is 67.0 cm³/mol. The van der Waals surface area contributed by atoms with Crippen LogP contribution in [0, 0.1) is 6.92 Å². The van der Waals surface area contributed by atoms with Gasteiger partial charge in [-0.25, -0.2) is 4.98 Å². The molecule has 0 radical (unpaired) electrons. The van der Waals surface area contributed by atoms with Gasteiger partial charge in [0.2, 0.25) is 0 Å². The van der Waals surface area contributed by atoms with Crippen LogP contribution in [-0.4, -0.2) is 9.55 Å². The summed E-state index contributed by atoms with van der Waals surface area (Å²) >= 11 is 0. The van der Waals surface area contributed by atoms with Crippen LogP contribution in [0.2, 0.25) is 0 Å². The van der Waals surface area contributed by atoms with Gasteiger partial charge < -0.3 is 4.57 Å². The van der Waals surface area contributed by atoms with Crippen LogP contribution in [0.1, 0.15) is 32.0 Å². The first-order valence-electron chi connectivity index (χ1n) is 5.58. The Bertz CT molecular complexity index is 472. The Morgan fingerprint density at radius 2 is 1.69 bits per heavy atom. The maximum atomic E-state index is 4.23. The molecule has 2 nitrogen and oxygen atoms in total. The topological polar surface area (TPSA) is 17.8 Å². The first-order valence-corrected chi connectivity index (χ1v) is 5.58. The highest BCUT2D eigenvalue weighted by Crippen LogP contribution is 2.23. The van der Waals surface area contributed by atoms with Crippen LogP contribution in [-0.2, 0) is 5.41 Å². The lowest BCUT2D eigenvalue weighted by molar-refractivity contribution is 0.590. The number of rotatable bonds is 1. The van der Waals surface area contributed by atoms with Crippen molar-refractivity contribution in [2.45, 2.75) is 33.1 Å². The molecule has 0 aliphatic rings. The molecule has 2 heteroatoms. The average Bonchev–Trinajstić information content (AvgIpc) is 2.64. The van der Waals surface area contributed by atoms with Gasteiger partial charge in [0, 0.05) is 11.9 Å². The lowest BCUT2D eigenvalue weighted by Crippen LogP contribution is -2.10. The first kappa shape index (κ1) is 10.9. The molecule has 0 unspecified atom stereocenters. The third-order valence-electron chi connectivity index (χ3n) is 2.74. The zero-order valence-electron chi connectivity index (χ0n) is 10.4. The largest absolute Gasteiger partial charge is 0.306 e. The third-order valence-corrected chi connectivity index (χ3v) is 2.74. The number of imidazole rings is 1. The van der Waals surface area contributed by atoms with E-state index < -0.39 is 0 Å². The van der Waals surface area contributed by atoms with Crippen LogP contribution in [0.25, 0.3) is 5.69 Å². The van der Waals surface area contributed by atoms with E-state index in [1.165, 1.54) is 5.56 Å². The first-order chi connectivity index (χ1) is 7.47. The molecular weight excluding hydrogens is 196 g/mol. The van der Waals surface area contributed by atoms with Gasteiger partial charge in [0.05, 0.1) is 12.0 Å². The van der Waals surface area contributed by atoms with E-state index in [-0.39, 0.29) is 5.41 Å². The second kappa shape index (κ2) is 3.78. The molecule has 2 aromatic rings. The van der Waals surface area contributed by atoms with Gasteiger partial charge in [0.25, 0.3) is 0 Å². The fourth-order valence-corrected chi connectivity index (χ4v) is 1.70. The molecule has 1 aromatic heterocycles. The van der Waals surface area contributed by atoms with E-state index in [0.29, 0.717) is 0 Å². The van der Waals surface area contributed by atoms with Gasteiger partial charge in [-0.15, -0.1) is 0 Å². The Morgan fingerprint density at radius 1 is 1.06 bits per heavy atom. The number of benzene rings is 1. The van der Waals surface area contributed by atoms with Crippen LogP contribution in [0.5, 0.6) is 0 Å². The van der Waals surface area contributed by atoms with Gasteiger partial charge in [-0.2, -0.15) is 0 Å². The minimum Gasteiger partial charge on any atom is -0.306 e. The van der Waals surface area contributed by atoms with Crippen molar-refractivity contribution in [1.82, 2.24) is 9.55 Å². The molecule has 0 saturated carbocycles. The highest BCUT2D eigenvalue weighted by atomic mass is 15.0. The number of nitrogens with zero attached hydrogens (tertiary/aromatic N) is 2. The average molecular weight is 214 g/mol. The van der Waals surface area contributed by atoms with E-state index in [9.17, 15) is 0 Å². The summed E-state index contributed by atoms with van der Waals surface area (Å²) in [5.41, 5.74) is 3.77. The summed E-state index contributed by atoms with van der Waals surface area (Å²) in [5.74, 6) is 0. The summed E-state index contributed by atoms with van der Waals surface area (Å²) in [7, 11) is 0. The van der Waals surface area contributed by atoms with Gasteiger partial charge in [-0.05, 0) is 30.0 Å². The van der Waals surface area contributed by atoms with Gasteiger partial charge in [-0.1, -0.05) is 32.9 Å². The normalized spacial score (nSPS) is 11.8. The zero-order valence-corrected chi connectivity index (χ0v) is 10.4. The van der Waals surface area contributed by atoms with Crippen LogP contribution in [0.4, 0.5) is 0 Å². The van der Waals surface area contributed by atoms with Crippen LogP contribution in [0.15, 0.2) is 36.8 Å². The van der Waals surface area contributed by atoms with Crippen molar-refractivity contribution >= 4 is 0 Å². The molecule has 0 aliphatic carbocycles. The van der Waals surface area contributed by atoms with Crippen LogP contribution >= 0.6 is 0 Å². The van der Waals surface area contributed by atoms with E-state index in [2.05, 4.69) is 50.0 Å².